The Kier molecular flexibility index (Phi) is 5.34. The first-order valence-corrected chi connectivity index (χ1v) is 9.56. The maximum Gasteiger partial charge on any atom is 0.271 e. The maximum atomic E-state index is 12.9. The molecule has 0 atom stereocenters. The van der Waals surface area contributed by atoms with Gasteiger partial charge in [0.25, 0.3) is 5.69 Å². The second kappa shape index (κ2) is 7.71. The number of rotatable bonds is 6. The normalized spacial score (nSPS) is 11.5. The third kappa shape index (κ3) is 3.97. The van der Waals surface area contributed by atoms with Gasteiger partial charge in [0.05, 0.1) is 16.4 Å². The molecule has 28 heavy (non-hydrogen) atoms. The highest BCUT2D eigenvalue weighted by molar-refractivity contribution is 7.89. The molecule has 0 radical (unpaired) electrons. The molecule has 1 aromatic heterocycles. The fourth-order valence-corrected chi connectivity index (χ4v) is 4.01. The minimum absolute atomic E-state index is 0.0676. The Balaban J connectivity index is 1.79. The average molecular weight is 400 g/mol. The van der Waals surface area contributed by atoms with E-state index < -0.39 is 27.4 Å². The van der Waals surface area contributed by atoms with Crippen molar-refractivity contribution in [1.29, 1.82) is 0 Å². The molecule has 9 nitrogen and oxygen atoms in total. The van der Waals surface area contributed by atoms with E-state index in [0.717, 1.165) is 4.31 Å². The first-order chi connectivity index (χ1) is 13.3. The highest BCUT2D eigenvalue weighted by atomic mass is 32.2. The summed E-state index contributed by atoms with van der Waals surface area (Å²) < 4.78 is 26.8. The predicted octanol–water partition coefficient (Wildman–Crippen LogP) is 2.40. The number of nitrogens with zero attached hydrogens (tertiary/aromatic N) is 3. The van der Waals surface area contributed by atoms with Gasteiger partial charge in [0.1, 0.15) is 0 Å². The summed E-state index contributed by atoms with van der Waals surface area (Å²) in [5.74, 6) is -0.617. The third-order valence-electron chi connectivity index (χ3n) is 4.04. The largest absolute Gasteiger partial charge is 0.325 e. The van der Waals surface area contributed by atoms with Crippen molar-refractivity contribution in [2.24, 2.45) is 0 Å². The fourth-order valence-electron chi connectivity index (χ4n) is 2.67. The summed E-state index contributed by atoms with van der Waals surface area (Å²) in [6.07, 6.45) is 3.06. The van der Waals surface area contributed by atoms with Crippen molar-refractivity contribution in [2.45, 2.75) is 4.90 Å². The average Bonchev–Trinajstić information content (AvgIpc) is 2.67. The van der Waals surface area contributed by atoms with E-state index >= 15 is 0 Å². The molecule has 0 saturated carbocycles. The SMILES string of the molecule is CN(CC(=O)Nc1cccc([N+](=O)[O-])c1)S(=O)(=O)c1cccc2cnccc12. The molecule has 10 heteroatoms. The van der Waals surface area contributed by atoms with Crippen LogP contribution < -0.4 is 5.32 Å². The molecule has 1 heterocycles. The molecule has 0 bridgehead atoms. The molecule has 0 aliphatic carbocycles. The lowest BCUT2D eigenvalue weighted by Gasteiger charge is -2.18. The molecule has 3 rings (SSSR count). The first-order valence-electron chi connectivity index (χ1n) is 8.12. The van der Waals surface area contributed by atoms with Crippen LogP contribution in [-0.4, -0.2) is 42.1 Å². The standard InChI is InChI=1S/C18H16N4O5S/c1-21(12-18(23)20-14-5-3-6-15(10-14)22(24)25)28(26,27)17-7-2-4-13-11-19-9-8-16(13)17/h2-11H,12H2,1H3,(H,20,23). The first kappa shape index (κ1) is 19.4. The summed E-state index contributed by atoms with van der Waals surface area (Å²) in [5, 5.41) is 14.5. The summed E-state index contributed by atoms with van der Waals surface area (Å²) in [4.78, 5) is 26.5. The van der Waals surface area contributed by atoms with Gasteiger partial charge in [0.2, 0.25) is 15.9 Å². The van der Waals surface area contributed by atoms with Gasteiger partial charge in [-0.1, -0.05) is 18.2 Å². The molecule has 2 aromatic carbocycles. The van der Waals surface area contributed by atoms with Gasteiger partial charge in [0.15, 0.2) is 0 Å². The number of hydrogen-bond acceptors (Lipinski definition) is 6. The van der Waals surface area contributed by atoms with Gasteiger partial charge in [0, 0.05) is 48.0 Å². The van der Waals surface area contributed by atoms with Crippen molar-refractivity contribution in [1.82, 2.24) is 9.29 Å². The lowest BCUT2D eigenvalue weighted by molar-refractivity contribution is -0.384. The van der Waals surface area contributed by atoms with E-state index in [1.54, 1.807) is 24.4 Å². The van der Waals surface area contributed by atoms with Crippen LogP contribution in [0, 0.1) is 10.1 Å². The van der Waals surface area contributed by atoms with E-state index in [9.17, 15) is 23.3 Å². The Bertz CT molecular complexity index is 1160. The van der Waals surface area contributed by atoms with Gasteiger partial charge in [-0.2, -0.15) is 4.31 Å². The Labute approximate surface area is 160 Å². The van der Waals surface area contributed by atoms with Crippen molar-refractivity contribution in [3.8, 4) is 0 Å². The van der Waals surface area contributed by atoms with E-state index in [1.807, 2.05) is 0 Å². The maximum absolute atomic E-state index is 12.9. The molecule has 0 aliphatic heterocycles. The number of sulfonamides is 1. The Morgan fingerprint density at radius 2 is 1.96 bits per heavy atom. The highest BCUT2D eigenvalue weighted by Gasteiger charge is 2.25. The van der Waals surface area contributed by atoms with E-state index in [4.69, 9.17) is 0 Å². The molecule has 144 valence electrons. The number of aromatic nitrogens is 1. The summed E-state index contributed by atoms with van der Waals surface area (Å²) in [5.41, 5.74) is 0.0318. The van der Waals surface area contributed by atoms with Gasteiger partial charge in [-0.3, -0.25) is 19.9 Å². The highest BCUT2D eigenvalue weighted by Crippen LogP contribution is 2.24. The number of anilines is 1. The van der Waals surface area contributed by atoms with Gasteiger partial charge in [-0.15, -0.1) is 0 Å². The number of nitro benzene ring substituents is 1. The number of fused-ring (bicyclic) bond motifs is 1. The number of benzene rings is 2. The molecule has 0 spiro atoms. The molecular formula is C18H16N4O5S. The number of pyridine rings is 1. The number of amides is 1. The zero-order valence-electron chi connectivity index (χ0n) is 14.8. The second-order valence-electron chi connectivity index (χ2n) is 5.97. The minimum atomic E-state index is -3.94. The Morgan fingerprint density at radius 1 is 1.21 bits per heavy atom. The van der Waals surface area contributed by atoms with Crippen LogP contribution in [0.3, 0.4) is 0 Å². The fraction of sp³-hybridized carbons (Fsp3) is 0.111. The van der Waals surface area contributed by atoms with Crippen molar-refractivity contribution >= 4 is 38.1 Å². The van der Waals surface area contributed by atoms with E-state index in [-0.39, 0.29) is 16.3 Å². The van der Waals surface area contributed by atoms with Crippen molar-refractivity contribution in [3.63, 3.8) is 0 Å². The number of hydrogen-bond donors (Lipinski definition) is 1. The molecular weight excluding hydrogens is 384 g/mol. The molecule has 0 saturated heterocycles. The van der Waals surface area contributed by atoms with Gasteiger partial charge < -0.3 is 5.32 Å². The van der Waals surface area contributed by atoms with Crippen LogP contribution in [0.25, 0.3) is 10.8 Å². The van der Waals surface area contributed by atoms with Gasteiger partial charge in [-0.25, -0.2) is 8.42 Å². The summed E-state index contributed by atoms with van der Waals surface area (Å²) >= 11 is 0. The molecule has 3 aromatic rings. The zero-order valence-corrected chi connectivity index (χ0v) is 15.6. The Hall–Kier alpha value is -3.37. The summed E-state index contributed by atoms with van der Waals surface area (Å²) in [7, 11) is -2.64. The number of nitro groups is 1. The predicted molar refractivity (Wildman–Crippen MR) is 103 cm³/mol. The van der Waals surface area contributed by atoms with Crippen LogP contribution in [-0.2, 0) is 14.8 Å². The lowest BCUT2D eigenvalue weighted by atomic mass is 10.2. The summed E-state index contributed by atoms with van der Waals surface area (Å²) in [6, 6.07) is 11.8. The van der Waals surface area contributed by atoms with Crippen LogP contribution >= 0.6 is 0 Å². The number of carbonyl (C=O) groups is 1. The van der Waals surface area contributed by atoms with Crippen LogP contribution in [0.15, 0.2) is 65.8 Å². The van der Waals surface area contributed by atoms with Crippen LogP contribution in [0.2, 0.25) is 0 Å². The molecule has 0 aliphatic rings. The third-order valence-corrected chi connectivity index (χ3v) is 5.90. The number of carbonyl (C=O) groups excluding carboxylic acids is 1. The molecule has 0 unspecified atom stereocenters. The topological polar surface area (TPSA) is 123 Å². The van der Waals surface area contributed by atoms with E-state index in [0.29, 0.717) is 10.8 Å². The molecule has 1 amide bonds. The van der Waals surface area contributed by atoms with Gasteiger partial charge in [-0.05, 0) is 18.2 Å². The molecule has 0 fully saturated rings. The van der Waals surface area contributed by atoms with Crippen molar-refractivity contribution in [3.05, 3.63) is 71.0 Å². The van der Waals surface area contributed by atoms with Gasteiger partial charge >= 0.3 is 0 Å². The van der Waals surface area contributed by atoms with Crippen molar-refractivity contribution in [2.75, 3.05) is 18.9 Å². The summed E-state index contributed by atoms with van der Waals surface area (Å²) in [6.45, 7) is -0.452. The number of nitrogens with one attached hydrogen (secondary N) is 1. The second-order valence-corrected chi connectivity index (χ2v) is 7.98. The van der Waals surface area contributed by atoms with Crippen LogP contribution in [0.1, 0.15) is 0 Å². The minimum Gasteiger partial charge on any atom is -0.325 e. The van der Waals surface area contributed by atoms with Crippen LogP contribution in [0.5, 0.6) is 0 Å². The molecule has 1 N–H and O–H groups in total. The van der Waals surface area contributed by atoms with E-state index in [1.165, 1.54) is 43.6 Å². The number of non-ortho nitro benzene ring substituents is 1. The Morgan fingerprint density at radius 3 is 2.71 bits per heavy atom. The lowest BCUT2D eigenvalue weighted by Crippen LogP contribution is -2.35. The van der Waals surface area contributed by atoms with Crippen molar-refractivity contribution < 1.29 is 18.1 Å². The smallest absolute Gasteiger partial charge is 0.271 e. The quantitative estimate of drug-likeness (QED) is 0.501. The van der Waals surface area contributed by atoms with E-state index in [2.05, 4.69) is 10.3 Å². The van der Waals surface area contributed by atoms with Crippen LogP contribution in [0.4, 0.5) is 11.4 Å². The zero-order chi connectivity index (χ0) is 20.3. The number of likely N-dealkylation sites (N-methyl/N-ethyl adjacent to an activating group) is 1. The monoisotopic (exact) mass is 400 g/mol.